The molecule has 1 aromatic rings. The van der Waals surface area contributed by atoms with Gasteiger partial charge in [0.1, 0.15) is 0 Å². The quantitative estimate of drug-likeness (QED) is 0.761. The number of carbonyl (C=O) groups is 1. The highest BCUT2D eigenvalue weighted by Gasteiger charge is 2.38. The van der Waals surface area contributed by atoms with Gasteiger partial charge in [-0.2, -0.15) is 0 Å². The molecule has 26 heavy (non-hydrogen) atoms. The van der Waals surface area contributed by atoms with Crippen molar-refractivity contribution in [3.63, 3.8) is 0 Å². The van der Waals surface area contributed by atoms with Crippen LogP contribution in [0.5, 0.6) is 0 Å². The van der Waals surface area contributed by atoms with E-state index in [-0.39, 0.29) is 18.0 Å². The van der Waals surface area contributed by atoms with Crippen LogP contribution in [0.4, 0.5) is 0 Å². The molecule has 3 heterocycles. The first kappa shape index (κ1) is 18.9. The van der Waals surface area contributed by atoms with Crippen LogP contribution in [0, 0.1) is 18.3 Å². The molecule has 2 aliphatic rings. The molecule has 0 aromatic carbocycles. The number of aromatic nitrogens is 1. The zero-order valence-electron chi connectivity index (χ0n) is 16.2. The summed E-state index contributed by atoms with van der Waals surface area (Å²) in [6.07, 6.45) is 14.9. The van der Waals surface area contributed by atoms with E-state index in [2.05, 4.69) is 35.8 Å². The van der Waals surface area contributed by atoms with E-state index >= 15 is 0 Å². The van der Waals surface area contributed by atoms with Gasteiger partial charge < -0.3 is 9.80 Å². The second-order valence-electron chi connectivity index (χ2n) is 7.90. The topological polar surface area (TPSA) is 36.4 Å². The van der Waals surface area contributed by atoms with Gasteiger partial charge in [0.15, 0.2) is 0 Å². The van der Waals surface area contributed by atoms with Gasteiger partial charge >= 0.3 is 0 Å². The molecule has 3 rings (SSSR count). The van der Waals surface area contributed by atoms with Crippen LogP contribution in [-0.2, 0) is 11.2 Å². The Morgan fingerprint density at radius 3 is 2.85 bits per heavy atom. The average Bonchev–Trinajstić information content (AvgIpc) is 2.67. The van der Waals surface area contributed by atoms with Gasteiger partial charge in [0.2, 0.25) is 0 Å². The van der Waals surface area contributed by atoms with E-state index in [0.717, 1.165) is 50.9 Å². The van der Waals surface area contributed by atoms with Gasteiger partial charge in [-0.25, -0.2) is 0 Å². The summed E-state index contributed by atoms with van der Waals surface area (Å²) >= 11 is 0. The van der Waals surface area contributed by atoms with Crippen LogP contribution >= 0.6 is 0 Å². The molecule has 4 nitrogen and oxygen atoms in total. The first-order valence-electron chi connectivity index (χ1n) is 10.0. The maximum absolute atomic E-state index is 12.7. The molecule has 0 unspecified atom stereocenters. The lowest BCUT2D eigenvalue weighted by Gasteiger charge is -2.43. The van der Waals surface area contributed by atoms with E-state index < -0.39 is 0 Å². The minimum absolute atomic E-state index is 0.0266. The number of pyridine rings is 1. The molecule has 1 saturated heterocycles. The van der Waals surface area contributed by atoms with Crippen molar-refractivity contribution in [2.75, 3.05) is 20.1 Å². The molecule has 0 N–H and O–H groups in total. The standard InChI is InChI=1S/C22H31N3O/c1-4-6-9-19-16-18-8-7-12-23-22(18)20(25(19)21(26)5-2)15-17-10-13-24(3)14-11-17/h2,7-8,12,17,19-20H,4,6,9-11,13-16H2,1,3H3/t19-,20-/m0/s1. The Morgan fingerprint density at radius 2 is 2.15 bits per heavy atom. The van der Waals surface area contributed by atoms with Crippen molar-refractivity contribution in [3.8, 4) is 12.3 Å². The molecular weight excluding hydrogens is 322 g/mol. The third-order valence-electron chi connectivity index (χ3n) is 6.07. The molecule has 4 heteroatoms. The third-order valence-corrected chi connectivity index (χ3v) is 6.07. The molecule has 0 radical (unpaired) electrons. The third kappa shape index (κ3) is 4.10. The Kier molecular flexibility index (Phi) is 6.32. The molecule has 1 amide bonds. The van der Waals surface area contributed by atoms with E-state index in [1.807, 2.05) is 17.2 Å². The Labute approximate surface area is 158 Å². The Bertz CT molecular complexity index is 658. The highest BCUT2D eigenvalue weighted by atomic mass is 16.2. The van der Waals surface area contributed by atoms with E-state index in [1.54, 1.807) is 0 Å². The number of amides is 1. The van der Waals surface area contributed by atoms with Gasteiger partial charge in [-0.3, -0.25) is 9.78 Å². The van der Waals surface area contributed by atoms with Gasteiger partial charge in [-0.1, -0.05) is 25.8 Å². The number of hydrogen-bond acceptors (Lipinski definition) is 3. The molecule has 0 saturated carbocycles. The molecule has 2 atom stereocenters. The van der Waals surface area contributed by atoms with Crippen LogP contribution < -0.4 is 0 Å². The largest absolute Gasteiger partial charge is 0.320 e. The SMILES string of the molecule is C#CC(=O)N1[C@@H](CCCC)Cc2cccnc2[C@@H]1CC1CCN(C)CC1. The van der Waals surface area contributed by atoms with Crippen molar-refractivity contribution >= 4 is 5.91 Å². The first-order valence-corrected chi connectivity index (χ1v) is 10.0. The van der Waals surface area contributed by atoms with E-state index in [9.17, 15) is 4.79 Å². The van der Waals surface area contributed by atoms with Gasteiger partial charge in [-0.15, -0.1) is 6.42 Å². The lowest BCUT2D eigenvalue weighted by Crippen LogP contribution is -2.48. The second-order valence-corrected chi connectivity index (χ2v) is 7.90. The first-order chi connectivity index (χ1) is 12.6. The number of hydrogen-bond donors (Lipinski definition) is 0. The van der Waals surface area contributed by atoms with Gasteiger partial charge in [0.25, 0.3) is 5.91 Å². The fraction of sp³-hybridized carbons (Fsp3) is 0.636. The van der Waals surface area contributed by atoms with E-state index in [0.29, 0.717) is 5.92 Å². The average molecular weight is 354 g/mol. The minimum Gasteiger partial charge on any atom is -0.320 e. The normalized spacial score (nSPS) is 24.1. The van der Waals surface area contributed by atoms with E-state index in [1.165, 1.54) is 18.4 Å². The van der Waals surface area contributed by atoms with Gasteiger partial charge in [0.05, 0.1) is 11.7 Å². The highest BCUT2D eigenvalue weighted by molar-refractivity contribution is 5.93. The van der Waals surface area contributed by atoms with Crippen molar-refractivity contribution in [2.24, 2.45) is 5.92 Å². The summed E-state index contributed by atoms with van der Waals surface area (Å²) in [5.41, 5.74) is 2.37. The lowest BCUT2D eigenvalue weighted by atomic mass is 9.82. The van der Waals surface area contributed by atoms with Crippen LogP contribution in [0.25, 0.3) is 0 Å². The summed E-state index contributed by atoms with van der Waals surface area (Å²) in [6.45, 7) is 4.46. The number of nitrogens with zero attached hydrogens (tertiary/aromatic N) is 3. The fourth-order valence-electron chi connectivity index (χ4n) is 4.56. The van der Waals surface area contributed by atoms with Crippen molar-refractivity contribution in [3.05, 3.63) is 29.6 Å². The number of carbonyl (C=O) groups excluding carboxylic acids is 1. The fourth-order valence-corrected chi connectivity index (χ4v) is 4.56. The van der Waals surface area contributed by atoms with E-state index in [4.69, 9.17) is 6.42 Å². The number of unbranched alkanes of at least 4 members (excludes halogenated alkanes) is 1. The number of fused-ring (bicyclic) bond motifs is 1. The number of rotatable bonds is 5. The molecule has 0 spiro atoms. The van der Waals surface area contributed by atoms with Crippen molar-refractivity contribution in [1.82, 2.24) is 14.8 Å². The van der Waals surface area contributed by atoms with Crippen LogP contribution in [-0.4, -0.2) is 46.9 Å². The highest BCUT2D eigenvalue weighted by Crippen LogP contribution is 2.39. The predicted octanol–water partition coefficient (Wildman–Crippen LogP) is 3.43. The van der Waals surface area contributed by atoms with Crippen LogP contribution in [0.2, 0.25) is 0 Å². The molecule has 0 aliphatic carbocycles. The molecular formula is C22H31N3O. The maximum Gasteiger partial charge on any atom is 0.299 e. The molecule has 140 valence electrons. The summed E-state index contributed by atoms with van der Waals surface area (Å²) in [5.74, 6) is 2.86. The van der Waals surface area contributed by atoms with Crippen LogP contribution in [0.3, 0.4) is 0 Å². The minimum atomic E-state index is -0.166. The lowest BCUT2D eigenvalue weighted by molar-refractivity contribution is -0.131. The summed E-state index contributed by atoms with van der Waals surface area (Å²) < 4.78 is 0. The Hall–Kier alpha value is -1.86. The zero-order chi connectivity index (χ0) is 18.5. The number of terminal acetylenes is 1. The van der Waals surface area contributed by atoms with Crippen molar-refractivity contribution in [2.45, 2.75) is 64.0 Å². The summed E-state index contributed by atoms with van der Waals surface area (Å²) in [6, 6.07) is 4.42. The summed E-state index contributed by atoms with van der Waals surface area (Å²) in [4.78, 5) is 21.8. The maximum atomic E-state index is 12.7. The molecule has 1 aromatic heterocycles. The van der Waals surface area contributed by atoms with Crippen LogP contribution in [0.1, 0.15) is 62.7 Å². The molecule has 2 aliphatic heterocycles. The van der Waals surface area contributed by atoms with Gasteiger partial charge in [0, 0.05) is 12.2 Å². The molecule has 1 fully saturated rings. The number of likely N-dealkylation sites (tertiary alicyclic amines) is 1. The van der Waals surface area contributed by atoms with Crippen molar-refractivity contribution < 1.29 is 4.79 Å². The summed E-state index contributed by atoms with van der Waals surface area (Å²) in [7, 11) is 2.18. The predicted molar refractivity (Wildman–Crippen MR) is 105 cm³/mol. The molecule has 0 bridgehead atoms. The number of piperidine rings is 1. The summed E-state index contributed by atoms with van der Waals surface area (Å²) in [5, 5.41) is 0. The van der Waals surface area contributed by atoms with Crippen LogP contribution in [0.15, 0.2) is 18.3 Å². The monoisotopic (exact) mass is 353 g/mol. The Morgan fingerprint density at radius 1 is 1.38 bits per heavy atom. The van der Waals surface area contributed by atoms with Crippen molar-refractivity contribution in [1.29, 1.82) is 0 Å². The smallest absolute Gasteiger partial charge is 0.299 e. The Balaban J connectivity index is 1.89. The zero-order valence-corrected chi connectivity index (χ0v) is 16.2. The van der Waals surface area contributed by atoms with Gasteiger partial charge in [-0.05, 0) is 75.7 Å². The second kappa shape index (κ2) is 8.68.